The van der Waals surface area contributed by atoms with Crippen LogP contribution in [0.25, 0.3) is 0 Å². The Labute approximate surface area is 94.3 Å². The van der Waals surface area contributed by atoms with Crippen LogP contribution in [0, 0.1) is 10.8 Å². The van der Waals surface area contributed by atoms with E-state index in [9.17, 15) is 9.59 Å². The van der Waals surface area contributed by atoms with Gasteiger partial charge in [-0.2, -0.15) is 0 Å². The molecule has 0 aromatic rings. The van der Waals surface area contributed by atoms with Crippen LogP contribution < -0.4 is 0 Å². The van der Waals surface area contributed by atoms with Crippen LogP contribution in [0.1, 0.15) is 38.5 Å². The minimum atomic E-state index is -0.232. The molecule has 2 aliphatic carbocycles. The predicted molar refractivity (Wildman–Crippen MR) is 54.5 cm³/mol. The molecule has 0 amide bonds. The van der Waals surface area contributed by atoms with Gasteiger partial charge in [-0.05, 0) is 37.5 Å². The van der Waals surface area contributed by atoms with E-state index in [1.807, 2.05) is 0 Å². The van der Waals surface area contributed by atoms with E-state index in [-0.39, 0.29) is 36.0 Å². The number of carbonyl (C=O) groups is 2. The zero-order chi connectivity index (χ0) is 11.2. The number of rotatable bonds is 0. The molecule has 4 nitrogen and oxygen atoms in total. The van der Waals surface area contributed by atoms with Crippen molar-refractivity contribution in [1.82, 2.24) is 0 Å². The molecule has 4 heteroatoms. The first kappa shape index (κ1) is 10.1. The van der Waals surface area contributed by atoms with Crippen molar-refractivity contribution in [2.75, 3.05) is 13.2 Å². The summed E-state index contributed by atoms with van der Waals surface area (Å²) in [7, 11) is 0. The summed E-state index contributed by atoms with van der Waals surface area (Å²) in [5.41, 5.74) is -0.162. The molecule has 2 spiro atoms. The van der Waals surface area contributed by atoms with E-state index >= 15 is 0 Å². The molecule has 3 fully saturated rings. The zero-order valence-electron chi connectivity index (χ0n) is 9.29. The van der Waals surface area contributed by atoms with Crippen LogP contribution >= 0.6 is 0 Å². The Hall–Kier alpha value is -1.06. The van der Waals surface area contributed by atoms with Gasteiger partial charge in [-0.1, -0.05) is 0 Å². The molecule has 3 aliphatic rings. The lowest BCUT2D eigenvalue weighted by molar-refractivity contribution is -0.161. The minimum absolute atomic E-state index is 0.0528. The highest BCUT2D eigenvalue weighted by molar-refractivity contribution is 5.82. The van der Waals surface area contributed by atoms with E-state index in [0.29, 0.717) is 6.42 Å². The molecule has 88 valence electrons. The smallest absolute Gasteiger partial charge is 0.312 e. The van der Waals surface area contributed by atoms with Crippen molar-refractivity contribution in [2.45, 2.75) is 38.5 Å². The topological polar surface area (TPSA) is 52.6 Å². The lowest BCUT2D eigenvalue weighted by Crippen LogP contribution is -2.32. The van der Waals surface area contributed by atoms with Gasteiger partial charge in [0.1, 0.15) is 13.2 Å². The lowest BCUT2D eigenvalue weighted by atomic mass is 9.81. The second kappa shape index (κ2) is 3.22. The van der Waals surface area contributed by atoms with E-state index in [2.05, 4.69) is 0 Å². The molecular formula is C12H16O4. The number of hydrogen-bond acceptors (Lipinski definition) is 4. The number of carbonyl (C=O) groups excluding carboxylic acids is 2. The van der Waals surface area contributed by atoms with Crippen LogP contribution in [0.3, 0.4) is 0 Å². The van der Waals surface area contributed by atoms with Gasteiger partial charge in [0.25, 0.3) is 0 Å². The first-order valence-electron chi connectivity index (χ1n) is 6.02. The van der Waals surface area contributed by atoms with Crippen molar-refractivity contribution in [1.29, 1.82) is 0 Å². The van der Waals surface area contributed by atoms with Gasteiger partial charge in [0.05, 0.1) is 5.41 Å². The first-order chi connectivity index (χ1) is 7.69. The van der Waals surface area contributed by atoms with Gasteiger partial charge >= 0.3 is 11.9 Å². The quantitative estimate of drug-likeness (QED) is 0.584. The fourth-order valence-electron chi connectivity index (χ4n) is 3.04. The van der Waals surface area contributed by atoms with E-state index in [0.717, 1.165) is 32.1 Å². The third-order valence-electron chi connectivity index (χ3n) is 4.40. The normalized spacial score (nSPS) is 30.8. The van der Waals surface area contributed by atoms with E-state index in [1.54, 1.807) is 0 Å². The Kier molecular flexibility index (Phi) is 2.03. The molecule has 3 rings (SSSR count). The van der Waals surface area contributed by atoms with E-state index in [1.165, 1.54) is 0 Å². The lowest BCUT2D eigenvalue weighted by Gasteiger charge is -2.26. The Balaban J connectivity index is 1.80. The molecule has 16 heavy (non-hydrogen) atoms. The highest BCUT2D eigenvalue weighted by Gasteiger charge is 2.69. The van der Waals surface area contributed by atoms with E-state index in [4.69, 9.17) is 9.47 Å². The number of ether oxygens (including phenoxy) is 2. The average Bonchev–Trinajstić information content (AvgIpc) is 3.13. The molecule has 0 aromatic carbocycles. The van der Waals surface area contributed by atoms with Crippen LogP contribution in [0.15, 0.2) is 0 Å². The number of esters is 2. The highest BCUT2D eigenvalue weighted by Crippen LogP contribution is 2.72. The average molecular weight is 224 g/mol. The second-order valence-electron chi connectivity index (χ2n) is 5.22. The molecule has 2 saturated carbocycles. The van der Waals surface area contributed by atoms with Crippen molar-refractivity contribution in [3.05, 3.63) is 0 Å². The number of fused-ring (bicyclic) bond motifs is 1. The first-order valence-corrected chi connectivity index (χ1v) is 6.02. The van der Waals surface area contributed by atoms with Crippen LogP contribution in [0.2, 0.25) is 0 Å². The second-order valence-corrected chi connectivity index (χ2v) is 5.22. The van der Waals surface area contributed by atoms with Crippen LogP contribution in [-0.2, 0) is 19.1 Å². The minimum Gasteiger partial charge on any atom is -0.462 e. The van der Waals surface area contributed by atoms with Gasteiger partial charge in [-0.15, -0.1) is 0 Å². The van der Waals surface area contributed by atoms with E-state index < -0.39 is 0 Å². The number of hydrogen-bond donors (Lipinski definition) is 0. The maximum atomic E-state index is 12.0. The largest absolute Gasteiger partial charge is 0.462 e. The van der Waals surface area contributed by atoms with Crippen molar-refractivity contribution in [2.24, 2.45) is 10.8 Å². The molecule has 0 N–H and O–H groups in total. The number of cyclic esters (lactones) is 2. The third kappa shape index (κ3) is 1.35. The van der Waals surface area contributed by atoms with Crippen molar-refractivity contribution < 1.29 is 19.1 Å². The summed E-state index contributed by atoms with van der Waals surface area (Å²) >= 11 is 0. The standard InChI is InChI=1S/C12H16O4/c13-9-1-2-11(3-4-11)12(5-6-12)10(14)16-8-7-15-9/h1-8H2. The Morgan fingerprint density at radius 3 is 2.19 bits per heavy atom. The molecule has 1 saturated heterocycles. The zero-order valence-corrected chi connectivity index (χ0v) is 9.29. The summed E-state index contributed by atoms with van der Waals surface area (Å²) in [6, 6.07) is 0. The van der Waals surface area contributed by atoms with Gasteiger partial charge in [0, 0.05) is 6.42 Å². The van der Waals surface area contributed by atoms with Crippen molar-refractivity contribution in [3.63, 3.8) is 0 Å². The van der Waals surface area contributed by atoms with Crippen LogP contribution in [0.5, 0.6) is 0 Å². The molecule has 0 aromatic heterocycles. The fraction of sp³-hybridized carbons (Fsp3) is 0.833. The highest BCUT2D eigenvalue weighted by atomic mass is 16.6. The fourth-order valence-corrected chi connectivity index (χ4v) is 3.04. The summed E-state index contributed by atoms with van der Waals surface area (Å²) in [6.07, 6.45) is 5.27. The predicted octanol–water partition coefficient (Wildman–Crippen LogP) is 1.43. The van der Waals surface area contributed by atoms with Gasteiger partial charge in [0.2, 0.25) is 0 Å². The molecular weight excluding hydrogens is 208 g/mol. The Morgan fingerprint density at radius 1 is 0.875 bits per heavy atom. The van der Waals surface area contributed by atoms with Crippen molar-refractivity contribution >= 4 is 11.9 Å². The molecule has 1 aliphatic heterocycles. The maximum Gasteiger partial charge on any atom is 0.312 e. The van der Waals surface area contributed by atoms with Gasteiger partial charge < -0.3 is 9.47 Å². The summed E-state index contributed by atoms with van der Waals surface area (Å²) < 4.78 is 10.2. The van der Waals surface area contributed by atoms with Crippen molar-refractivity contribution in [3.8, 4) is 0 Å². The molecule has 1 heterocycles. The molecule has 0 bridgehead atoms. The molecule has 0 radical (unpaired) electrons. The van der Waals surface area contributed by atoms with Crippen LogP contribution in [-0.4, -0.2) is 25.2 Å². The SMILES string of the molecule is O=C1CCC2(CC2)C2(CC2)C(=O)OCCO1. The summed E-state index contributed by atoms with van der Waals surface area (Å²) in [4.78, 5) is 23.4. The Bertz CT molecular complexity index is 339. The summed E-state index contributed by atoms with van der Waals surface area (Å²) in [5, 5.41) is 0. The molecule has 0 unspecified atom stereocenters. The summed E-state index contributed by atoms with van der Waals surface area (Å²) in [5.74, 6) is -0.206. The molecule has 0 atom stereocenters. The van der Waals surface area contributed by atoms with Crippen LogP contribution in [0.4, 0.5) is 0 Å². The van der Waals surface area contributed by atoms with Gasteiger partial charge in [-0.25, -0.2) is 0 Å². The maximum absolute atomic E-state index is 12.0. The Morgan fingerprint density at radius 2 is 1.56 bits per heavy atom. The summed E-state index contributed by atoms with van der Waals surface area (Å²) in [6.45, 7) is 0.413. The van der Waals surface area contributed by atoms with Gasteiger partial charge in [0.15, 0.2) is 0 Å². The third-order valence-corrected chi connectivity index (χ3v) is 4.40. The monoisotopic (exact) mass is 224 g/mol. The van der Waals surface area contributed by atoms with Gasteiger partial charge in [-0.3, -0.25) is 9.59 Å².